The fraction of sp³-hybridized carbons (Fsp3) is 0.831. The average Bonchev–Trinajstić information content (AvgIpc) is 3.31. The summed E-state index contributed by atoms with van der Waals surface area (Å²) >= 11 is 0. The van der Waals surface area contributed by atoms with Crippen LogP contribution in [-0.2, 0) is 14.3 Å². The molecule has 0 aromatic heterocycles. The molecule has 6 heteroatoms. The van der Waals surface area contributed by atoms with Crippen molar-refractivity contribution in [3.63, 3.8) is 0 Å². The minimum absolute atomic E-state index is 0.000807. The molecule has 0 bridgehead atoms. The van der Waals surface area contributed by atoms with Crippen LogP contribution < -0.4 is 5.32 Å². The van der Waals surface area contributed by atoms with E-state index in [-0.39, 0.29) is 18.5 Å². The maximum Gasteiger partial charge on any atom is 0.305 e. The van der Waals surface area contributed by atoms with Gasteiger partial charge in [-0.1, -0.05) is 236 Å². The van der Waals surface area contributed by atoms with Crippen molar-refractivity contribution in [2.24, 2.45) is 0 Å². The molecule has 65 heavy (non-hydrogen) atoms. The van der Waals surface area contributed by atoms with Gasteiger partial charge < -0.3 is 20.3 Å². The SMILES string of the molecule is CCCCCCC/C=C\CCCCCCCC(=O)OCCCCCCCCCCC/C=C\C/C=C\CCCCCCCCCCCC(=O)NC(CO)C(O)/C=C/CCCCCCCCC. The number of aliphatic hydroxyl groups is 2. The summed E-state index contributed by atoms with van der Waals surface area (Å²) in [7, 11) is 0. The summed E-state index contributed by atoms with van der Waals surface area (Å²) in [4.78, 5) is 24.4. The first-order chi connectivity index (χ1) is 32.0. The lowest BCUT2D eigenvalue weighted by Crippen LogP contribution is -2.45. The van der Waals surface area contributed by atoms with Crippen molar-refractivity contribution in [3.8, 4) is 0 Å². The highest BCUT2D eigenvalue weighted by Gasteiger charge is 2.18. The summed E-state index contributed by atoms with van der Waals surface area (Å²) in [6.45, 7) is 4.85. The van der Waals surface area contributed by atoms with E-state index in [9.17, 15) is 19.8 Å². The van der Waals surface area contributed by atoms with Crippen molar-refractivity contribution in [3.05, 3.63) is 48.6 Å². The van der Waals surface area contributed by atoms with E-state index in [1.54, 1.807) is 6.08 Å². The number of nitrogens with one attached hydrogen (secondary N) is 1. The summed E-state index contributed by atoms with van der Waals surface area (Å²) in [6.07, 6.45) is 68.6. The van der Waals surface area contributed by atoms with Crippen LogP contribution in [0.25, 0.3) is 0 Å². The van der Waals surface area contributed by atoms with E-state index < -0.39 is 12.1 Å². The number of allylic oxidation sites excluding steroid dienone is 7. The van der Waals surface area contributed by atoms with Crippen LogP contribution in [0.1, 0.15) is 290 Å². The fourth-order valence-electron chi connectivity index (χ4n) is 8.42. The molecule has 0 aromatic carbocycles. The second-order valence-electron chi connectivity index (χ2n) is 19.3. The van der Waals surface area contributed by atoms with Gasteiger partial charge in [-0.25, -0.2) is 0 Å². The van der Waals surface area contributed by atoms with Crippen LogP contribution in [0.2, 0.25) is 0 Å². The molecule has 0 saturated heterocycles. The van der Waals surface area contributed by atoms with Gasteiger partial charge in [0.2, 0.25) is 5.91 Å². The average molecular weight is 913 g/mol. The normalized spacial score (nSPS) is 13.0. The van der Waals surface area contributed by atoms with Gasteiger partial charge in [0.1, 0.15) is 0 Å². The van der Waals surface area contributed by atoms with Crippen LogP contribution in [0.3, 0.4) is 0 Å². The number of hydrogen-bond donors (Lipinski definition) is 3. The monoisotopic (exact) mass is 912 g/mol. The molecule has 380 valence electrons. The third kappa shape index (κ3) is 51.1. The minimum Gasteiger partial charge on any atom is -0.466 e. The summed E-state index contributed by atoms with van der Waals surface area (Å²) in [5.74, 6) is -0.0785. The standard InChI is InChI=1S/C59H109NO5/c1-3-5-7-9-11-13-14-15-30-33-37-41-45-49-53-59(64)65-54-50-46-42-38-34-31-28-26-24-22-20-18-16-17-19-21-23-25-27-29-32-36-40-44-48-52-58(63)60-56(55-61)57(62)51-47-43-39-35-12-10-8-6-4-2/h14-15,17-20,47,51,56-57,61-62H,3-13,16,21-46,48-50,52-55H2,1-2H3,(H,60,63)/b15-14-,19-17-,20-18-,51-47+. The smallest absolute Gasteiger partial charge is 0.305 e. The van der Waals surface area contributed by atoms with E-state index in [4.69, 9.17) is 4.74 Å². The number of ether oxygens (including phenoxy) is 1. The molecule has 0 radical (unpaired) electrons. The first-order valence-electron chi connectivity index (χ1n) is 28.4. The van der Waals surface area contributed by atoms with E-state index in [0.717, 1.165) is 51.4 Å². The van der Waals surface area contributed by atoms with E-state index in [1.807, 2.05) is 6.08 Å². The summed E-state index contributed by atoms with van der Waals surface area (Å²) < 4.78 is 5.47. The molecule has 0 aliphatic carbocycles. The Bertz CT molecular complexity index is 1100. The number of amides is 1. The Morgan fingerprint density at radius 2 is 0.769 bits per heavy atom. The quantitative estimate of drug-likeness (QED) is 0.0321. The number of carbonyl (C=O) groups excluding carboxylic acids is 2. The predicted molar refractivity (Wildman–Crippen MR) is 282 cm³/mol. The third-order valence-corrected chi connectivity index (χ3v) is 12.8. The van der Waals surface area contributed by atoms with Gasteiger partial charge in [-0.15, -0.1) is 0 Å². The Morgan fingerprint density at radius 3 is 1.18 bits per heavy atom. The van der Waals surface area contributed by atoms with Gasteiger partial charge in [-0.05, 0) is 89.9 Å². The molecule has 0 aliphatic rings. The van der Waals surface area contributed by atoms with E-state index in [2.05, 4.69) is 55.6 Å². The van der Waals surface area contributed by atoms with Gasteiger partial charge in [0.25, 0.3) is 0 Å². The van der Waals surface area contributed by atoms with Gasteiger partial charge in [0.15, 0.2) is 0 Å². The minimum atomic E-state index is -0.846. The number of carbonyl (C=O) groups is 2. The molecule has 0 aliphatic heterocycles. The molecule has 0 saturated carbocycles. The van der Waals surface area contributed by atoms with E-state index in [0.29, 0.717) is 19.4 Å². The Kier molecular flexibility index (Phi) is 52.6. The number of rotatable bonds is 52. The van der Waals surface area contributed by atoms with Crippen LogP contribution >= 0.6 is 0 Å². The van der Waals surface area contributed by atoms with E-state index >= 15 is 0 Å². The highest BCUT2D eigenvalue weighted by molar-refractivity contribution is 5.76. The third-order valence-electron chi connectivity index (χ3n) is 12.8. The zero-order valence-electron chi connectivity index (χ0n) is 43.2. The molecule has 0 heterocycles. The molecular formula is C59H109NO5. The molecule has 0 aromatic rings. The molecule has 6 nitrogen and oxygen atoms in total. The molecule has 0 spiro atoms. The lowest BCUT2D eigenvalue weighted by molar-refractivity contribution is -0.143. The second kappa shape index (κ2) is 54.4. The van der Waals surface area contributed by atoms with E-state index in [1.165, 1.54) is 212 Å². The Balaban J connectivity index is 3.43. The Labute approximate surface area is 404 Å². The lowest BCUT2D eigenvalue weighted by atomic mass is 10.0. The maximum atomic E-state index is 12.4. The number of aliphatic hydroxyl groups excluding tert-OH is 2. The number of hydrogen-bond acceptors (Lipinski definition) is 5. The van der Waals surface area contributed by atoms with Crippen LogP contribution in [0.4, 0.5) is 0 Å². The van der Waals surface area contributed by atoms with Crippen molar-refractivity contribution in [2.45, 2.75) is 302 Å². The van der Waals surface area contributed by atoms with Crippen molar-refractivity contribution in [1.29, 1.82) is 0 Å². The van der Waals surface area contributed by atoms with Crippen LogP contribution in [0, 0.1) is 0 Å². The van der Waals surface area contributed by atoms with Crippen LogP contribution in [0.15, 0.2) is 48.6 Å². The Morgan fingerprint density at radius 1 is 0.431 bits per heavy atom. The summed E-state index contributed by atoms with van der Waals surface area (Å²) in [6, 6.07) is -0.631. The zero-order chi connectivity index (χ0) is 47.2. The van der Waals surface area contributed by atoms with Crippen LogP contribution in [0.5, 0.6) is 0 Å². The summed E-state index contributed by atoms with van der Waals surface area (Å²) in [5, 5.41) is 22.9. The fourth-order valence-corrected chi connectivity index (χ4v) is 8.42. The lowest BCUT2D eigenvalue weighted by Gasteiger charge is -2.20. The molecular weight excluding hydrogens is 803 g/mol. The highest BCUT2D eigenvalue weighted by atomic mass is 16.5. The topological polar surface area (TPSA) is 95.9 Å². The highest BCUT2D eigenvalue weighted by Crippen LogP contribution is 2.15. The largest absolute Gasteiger partial charge is 0.466 e. The van der Waals surface area contributed by atoms with Gasteiger partial charge >= 0.3 is 5.97 Å². The molecule has 2 atom stereocenters. The van der Waals surface area contributed by atoms with Crippen molar-refractivity contribution >= 4 is 11.9 Å². The van der Waals surface area contributed by atoms with Crippen molar-refractivity contribution in [2.75, 3.05) is 13.2 Å². The van der Waals surface area contributed by atoms with Crippen LogP contribution in [-0.4, -0.2) is 47.4 Å². The summed E-state index contributed by atoms with van der Waals surface area (Å²) in [5.41, 5.74) is 0. The number of unbranched alkanes of at least 4 members (excludes halogenated alkanes) is 35. The van der Waals surface area contributed by atoms with Crippen molar-refractivity contribution in [1.82, 2.24) is 5.32 Å². The van der Waals surface area contributed by atoms with Gasteiger partial charge in [0, 0.05) is 12.8 Å². The first-order valence-corrected chi connectivity index (χ1v) is 28.4. The van der Waals surface area contributed by atoms with Crippen molar-refractivity contribution < 1.29 is 24.5 Å². The zero-order valence-corrected chi connectivity index (χ0v) is 43.2. The molecule has 3 N–H and O–H groups in total. The predicted octanol–water partition coefficient (Wildman–Crippen LogP) is 17.4. The molecule has 2 unspecified atom stereocenters. The maximum absolute atomic E-state index is 12.4. The van der Waals surface area contributed by atoms with Gasteiger partial charge in [-0.3, -0.25) is 9.59 Å². The second-order valence-corrected chi connectivity index (χ2v) is 19.3. The molecule has 0 rings (SSSR count). The first kappa shape index (κ1) is 62.8. The Hall–Kier alpha value is -2.18. The molecule has 0 fully saturated rings. The van der Waals surface area contributed by atoms with Gasteiger partial charge in [0.05, 0.1) is 25.4 Å². The number of esters is 1. The van der Waals surface area contributed by atoms with Gasteiger partial charge in [-0.2, -0.15) is 0 Å². The molecule has 1 amide bonds.